The van der Waals surface area contributed by atoms with Crippen LogP contribution in [-0.4, -0.2) is 4.89 Å². The van der Waals surface area contributed by atoms with Gasteiger partial charge in [0.2, 0.25) is 0 Å². The fraction of sp³-hybridized carbons (Fsp3) is 0.143. The zero-order valence-corrected chi connectivity index (χ0v) is 11.8. The fourth-order valence-electron chi connectivity index (χ4n) is 1.98. The lowest BCUT2D eigenvalue weighted by Gasteiger charge is -2.10. The summed E-state index contributed by atoms with van der Waals surface area (Å²) in [6.07, 6.45) is 0. The van der Waals surface area contributed by atoms with Crippen LogP contribution >= 0.6 is 8.69 Å². The molecule has 5 heteroatoms. The summed E-state index contributed by atoms with van der Waals surface area (Å²) in [5.41, 5.74) is 17.9. The molecule has 2 aromatic rings. The van der Waals surface area contributed by atoms with Gasteiger partial charge in [0.05, 0.1) is 0 Å². The minimum Gasteiger partial charge on any atom is -0.399 e. The Balaban J connectivity index is 0.000000550. The van der Waals surface area contributed by atoms with Crippen molar-refractivity contribution in [3.8, 4) is 11.1 Å². The molecule has 2 rings (SSSR count). The summed E-state index contributed by atoms with van der Waals surface area (Å²) in [6.45, 7) is 4.14. The third-order valence-electron chi connectivity index (χ3n) is 2.79. The third kappa shape index (κ3) is 4.05. The molecule has 0 spiro atoms. The van der Waals surface area contributed by atoms with Crippen molar-refractivity contribution in [2.24, 2.45) is 0 Å². The molecule has 0 aliphatic carbocycles. The van der Waals surface area contributed by atoms with Crippen LogP contribution in [-0.2, 0) is 4.57 Å². The summed E-state index contributed by atoms with van der Waals surface area (Å²) < 4.78 is 8.46. The van der Waals surface area contributed by atoms with Crippen LogP contribution < -0.4 is 11.5 Å². The molecule has 0 unspecified atom stereocenters. The van der Waals surface area contributed by atoms with E-state index in [1.54, 1.807) is 0 Å². The Labute approximate surface area is 114 Å². The SMILES string of the molecule is Cc1cc(N)ccc1-c1ccc(N)cc1C.O=PO. The molecule has 0 atom stereocenters. The lowest BCUT2D eigenvalue weighted by Crippen LogP contribution is -1.92. The Kier molecular flexibility index (Phi) is 5.49. The first-order valence-corrected chi connectivity index (χ1v) is 6.45. The van der Waals surface area contributed by atoms with Gasteiger partial charge in [-0.2, -0.15) is 0 Å². The number of rotatable bonds is 1. The first-order chi connectivity index (χ1) is 8.99. The summed E-state index contributed by atoms with van der Waals surface area (Å²) >= 11 is 0. The van der Waals surface area contributed by atoms with Gasteiger partial charge in [-0.3, -0.25) is 0 Å². The molecule has 19 heavy (non-hydrogen) atoms. The van der Waals surface area contributed by atoms with E-state index in [1.165, 1.54) is 22.3 Å². The third-order valence-corrected chi connectivity index (χ3v) is 2.79. The Bertz CT molecular complexity index is 536. The molecule has 4 nitrogen and oxygen atoms in total. The molecule has 0 aliphatic heterocycles. The predicted octanol–water partition coefficient (Wildman–Crippen LogP) is 3.32. The molecule has 0 bridgehead atoms. The summed E-state index contributed by atoms with van der Waals surface area (Å²) in [7, 11) is -0.833. The maximum atomic E-state index is 8.46. The standard InChI is InChI=1S/C14H16N2.HO2P/c1-9-7-11(15)3-5-13(9)14-6-4-12(16)8-10(14)2;1-3-2/h3-8H,15-16H2,1-2H3;(H,1,2). The van der Waals surface area contributed by atoms with Gasteiger partial charge in [0, 0.05) is 11.4 Å². The molecule has 0 saturated heterocycles. The summed E-state index contributed by atoms with van der Waals surface area (Å²) in [5.74, 6) is 0. The molecular weight excluding hydrogens is 259 g/mol. The molecule has 0 aliphatic rings. The number of aryl methyl sites for hydroxylation is 2. The number of hydrogen-bond acceptors (Lipinski definition) is 3. The Morgan fingerprint density at radius 3 is 1.47 bits per heavy atom. The van der Waals surface area contributed by atoms with Gasteiger partial charge in [-0.1, -0.05) is 12.1 Å². The smallest absolute Gasteiger partial charge is 0.324 e. The molecule has 0 aromatic heterocycles. The van der Waals surface area contributed by atoms with Crippen molar-refractivity contribution < 1.29 is 9.46 Å². The predicted molar refractivity (Wildman–Crippen MR) is 80.0 cm³/mol. The van der Waals surface area contributed by atoms with Gasteiger partial charge in [0.15, 0.2) is 0 Å². The van der Waals surface area contributed by atoms with E-state index in [0.29, 0.717) is 0 Å². The highest BCUT2D eigenvalue weighted by Crippen LogP contribution is 2.28. The second-order valence-corrected chi connectivity index (χ2v) is 4.39. The second-order valence-electron chi connectivity index (χ2n) is 4.23. The van der Waals surface area contributed by atoms with E-state index in [4.69, 9.17) is 20.9 Å². The zero-order chi connectivity index (χ0) is 14.4. The van der Waals surface area contributed by atoms with Gasteiger partial charge in [0.25, 0.3) is 0 Å². The molecule has 5 N–H and O–H groups in total. The highest BCUT2D eigenvalue weighted by Gasteiger charge is 2.05. The van der Waals surface area contributed by atoms with Crippen LogP contribution in [0.3, 0.4) is 0 Å². The lowest BCUT2D eigenvalue weighted by atomic mass is 9.96. The molecular formula is C14H17N2O2P. The minimum atomic E-state index is -0.833. The van der Waals surface area contributed by atoms with E-state index in [0.717, 1.165) is 11.4 Å². The Morgan fingerprint density at radius 1 is 0.895 bits per heavy atom. The maximum absolute atomic E-state index is 8.46. The number of nitrogen functional groups attached to an aromatic ring is 2. The lowest BCUT2D eigenvalue weighted by molar-refractivity contribution is 0.524. The summed E-state index contributed by atoms with van der Waals surface area (Å²) in [5, 5.41) is 0. The van der Waals surface area contributed by atoms with E-state index in [2.05, 4.69) is 26.0 Å². The van der Waals surface area contributed by atoms with Gasteiger partial charge >= 0.3 is 8.69 Å². The van der Waals surface area contributed by atoms with Crippen LogP contribution in [0.2, 0.25) is 0 Å². The van der Waals surface area contributed by atoms with Crippen molar-refractivity contribution in [3.63, 3.8) is 0 Å². The average molecular weight is 276 g/mol. The van der Waals surface area contributed by atoms with Crippen molar-refractivity contribution >= 4 is 20.1 Å². The van der Waals surface area contributed by atoms with Gasteiger partial charge < -0.3 is 16.4 Å². The van der Waals surface area contributed by atoms with Crippen LogP contribution in [0.1, 0.15) is 11.1 Å². The van der Waals surface area contributed by atoms with Crippen LogP contribution in [0.4, 0.5) is 11.4 Å². The first-order valence-electron chi connectivity index (χ1n) is 5.69. The van der Waals surface area contributed by atoms with E-state index in [1.807, 2.05) is 24.3 Å². The van der Waals surface area contributed by atoms with Gasteiger partial charge in [-0.15, -0.1) is 0 Å². The van der Waals surface area contributed by atoms with E-state index >= 15 is 0 Å². The van der Waals surface area contributed by atoms with Gasteiger partial charge in [-0.05, 0) is 60.4 Å². The molecule has 0 heterocycles. The van der Waals surface area contributed by atoms with Gasteiger partial charge in [0.1, 0.15) is 0 Å². The molecule has 0 radical (unpaired) electrons. The molecule has 0 amide bonds. The Hall–Kier alpha value is -1.90. The number of benzene rings is 2. The molecule has 0 fully saturated rings. The molecule has 100 valence electrons. The van der Waals surface area contributed by atoms with Crippen molar-refractivity contribution in [2.75, 3.05) is 11.5 Å². The van der Waals surface area contributed by atoms with E-state index < -0.39 is 8.69 Å². The van der Waals surface area contributed by atoms with E-state index in [-0.39, 0.29) is 0 Å². The van der Waals surface area contributed by atoms with Crippen molar-refractivity contribution in [1.29, 1.82) is 0 Å². The topological polar surface area (TPSA) is 89.3 Å². The summed E-state index contributed by atoms with van der Waals surface area (Å²) in [6, 6.07) is 12.0. The van der Waals surface area contributed by atoms with Crippen LogP contribution in [0.15, 0.2) is 36.4 Å². The quantitative estimate of drug-likeness (QED) is 0.550. The average Bonchev–Trinajstić information content (AvgIpc) is 2.31. The summed E-state index contributed by atoms with van der Waals surface area (Å²) in [4.78, 5) is 6.99. The van der Waals surface area contributed by atoms with Gasteiger partial charge in [-0.25, -0.2) is 4.57 Å². The number of anilines is 2. The monoisotopic (exact) mass is 276 g/mol. The highest BCUT2D eigenvalue weighted by molar-refractivity contribution is 7.16. The highest BCUT2D eigenvalue weighted by atomic mass is 31.1. The molecule has 0 saturated carbocycles. The normalized spacial score (nSPS) is 9.84. The minimum absolute atomic E-state index is 0.800. The Morgan fingerprint density at radius 2 is 1.21 bits per heavy atom. The number of hydrogen-bond donors (Lipinski definition) is 3. The zero-order valence-electron chi connectivity index (χ0n) is 10.9. The van der Waals surface area contributed by atoms with Crippen LogP contribution in [0.25, 0.3) is 11.1 Å². The van der Waals surface area contributed by atoms with Crippen LogP contribution in [0, 0.1) is 13.8 Å². The maximum Gasteiger partial charge on any atom is 0.324 e. The fourth-order valence-corrected chi connectivity index (χ4v) is 1.98. The van der Waals surface area contributed by atoms with Crippen LogP contribution in [0.5, 0.6) is 0 Å². The number of nitrogens with two attached hydrogens (primary N) is 2. The molecule has 2 aromatic carbocycles. The van der Waals surface area contributed by atoms with Crippen molar-refractivity contribution in [2.45, 2.75) is 13.8 Å². The first kappa shape index (κ1) is 15.2. The largest absolute Gasteiger partial charge is 0.399 e. The second kappa shape index (κ2) is 6.88. The van der Waals surface area contributed by atoms with E-state index in [9.17, 15) is 0 Å². The van der Waals surface area contributed by atoms with Crippen molar-refractivity contribution in [1.82, 2.24) is 0 Å². The van der Waals surface area contributed by atoms with Crippen molar-refractivity contribution in [3.05, 3.63) is 47.5 Å².